The smallest absolute Gasteiger partial charge is 0.329 e. The number of carboxylic acids is 2. The van der Waals surface area contributed by atoms with Crippen molar-refractivity contribution < 1.29 is 19.8 Å². The Morgan fingerprint density at radius 3 is 1.32 bits per heavy atom. The van der Waals surface area contributed by atoms with Crippen molar-refractivity contribution in [1.29, 1.82) is 0 Å². The highest BCUT2D eigenvalue weighted by Gasteiger charge is 2.88. The SMILES string of the molecule is O=C(O)C1(Cl)C2(Cl)CC(Cl)(C(Cl)=C2Cl)C1(Cl)C(=O)O. The fourth-order valence-electron chi connectivity index (χ4n) is 2.56. The molecule has 0 heterocycles. The van der Waals surface area contributed by atoms with Crippen LogP contribution in [0.25, 0.3) is 0 Å². The van der Waals surface area contributed by atoms with Gasteiger partial charge in [0.2, 0.25) is 0 Å². The summed E-state index contributed by atoms with van der Waals surface area (Å²) in [6.07, 6.45) is -0.410. The quantitative estimate of drug-likeness (QED) is 0.712. The third-order valence-electron chi connectivity index (χ3n) is 3.53. The molecule has 0 spiro atoms. The van der Waals surface area contributed by atoms with Gasteiger partial charge in [-0.15, -0.1) is 46.4 Å². The van der Waals surface area contributed by atoms with Crippen molar-refractivity contribution in [1.82, 2.24) is 0 Å². The number of rotatable bonds is 2. The van der Waals surface area contributed by atoms with E-state index in [2.05, 4.69) is 0 Å². The van der Waals surface area contributed by atoms with Gasteiger partial charge in [-0.1, -0.05) is 23.2 Å². The third-order valence-corrected chi connectivity index (χ3v) is 7.88. The topological polar surface area (TPSA) is 74.6 Å². The van der Waals surface area contributed by atoms with Crippen molar-refractivity contribution in [2.45, 2.75) is 25.9 Å². The minimum atomic E-state index is -2.65. The molecule has 1 saturated carbocycles. The molecule has 0 aromatic carbocycles. The molecule has 4 nitrogen and oxygen atoms in total. The molecule has 106 valence electrons. The Kier molecular flexibility index (Phi) is 3.32. The van der Waals surface area contributed by atoms with Crippen molar-refractivity contribution in [2.24, 2.45) is 0 Å². The number of allylic oxidation sites excluding steroid dienone is 2. The first kappa shape index (κ1) is 15.8. The van der Waals surface area contributed by atoms with Gasteiger partial charge < -0.3 is 10.2 Å². The van der Waals surface area contributed by atoms with E-state index in [1.165, 1.54) is 0 Å². The summed E-state index contributed by atoms with van der Waals surface area (Å²) in [6.45, 7) is 0. The molecule has 0 radical (unpaired) electrons. The Bertz CT molecular complexity index is 503. The maximum atomic E-state index is 11.5. The lowest BCUT2D eigenvalue weighted by Gasteiger charge is -2.44. The molecular weight excluding hydrogens is 385 g/mol. The molecular formula is C9H4Cl6O4. The maximum absolute atomic E-state index is 11.5. The van der Waals surface area contributed by atoms with E-state index in [1.54, 1.807) is 0 Å². The van der Waals surface area contributed by atoms with E-state index in [9.17, 15) is 19.8 Å². The number of halogens is 6. The molecule has 0 saturated heterocycles. The van der Waals surface area contributed by atoms with Crippen molar-refractivity contribution in [3.8, 4) is 0 Å². The van der Waals surface area contributed by atoms with Gasteiger partial charge in [0.15, 0.2) is 9.75 Å². The van der Waals surface area contributed by atoms with Crippen LogP contribution in [0.3, 0.4) is 0 Å². The van der Waals surface area contributed by atoms with E-state index >= 15 is 0 Å². The number of fused-ring (bicyclic) bond motifs is 2. The first-order valence-corrected chi connectivity index (χ1v) is 6.96. The van der Waals surface area contributed by atoms with Gasteiger partial charge in [-0.05, 0) is 0 Å². The maximum Gasteiger partial charge on any atom is 0.329 e. The highest BCUT2D eigenvalue weighted by atomic mass is 35.5. The van der Waals surface area contributed by atoms with Gasteiger partial charge in [-0.2, -0.15) is 0 Å². The zero-order valence-electron chi connectivity index (χ0n) is 8.69. The molecule has 0 aromatic heterocycles. The second-order valence-electron chi connectivity index (χ2n) is 4.33. The van der Waals surface area contributed by atoms with Crippen LogP contribution in [0.5, 0.6) is 0 Å². The summed E-state index contributed by atoms with van der Waals surface area (Å²) in [4.78, 5) is 13.7. The zero-order valence-corrected chi connectivity index (χ0v) is 13.2. The van der Waals surface area contributed by atoms with Gasteiger partial charge in [0.25, 0.3) is 0 Å². The Labute approximate surface area is 137 Å². The van der Waals surface area contributed by atoms with Gasteiger partial charge in [-0.25, -0.2) is 0 Å². The van der Waals surface area contributed by atoms with Gasteiger partial charge in [0, 0.05) is 6.42 Å². The number of alkyl halides is 4. The fourth-order valence-corrected chi connectivity index (χ4v) is 5.50. The summed E-state index contributed by atoms with van der Waals surface area (Å²) >= 11 is 36.0. The van der Waals surface area contributed by atoms with E-state index < -0.39 is 37.9 Å². The van der Waals surface area contributed by atoms with E-state index in [1.807, 2.05) is 0 Å². The Balaban J connectivity index is 2.91. The van der Waals surface area contributed by atoms with E-state index in [0.717, 1.165) is 0 Å². The largest absolute Gasteiger partial charge is 0.480 e. The summed E-state index contributed by atoms with van der Waals surface area (Å²) in [5.41, 5.74) is 0. The number of carboxylic acid groups (broad SMARTS) is 2. The Hall–Kier alpha value is 0.420. The molecule has 2 rings (SSSR count). The van der Waals surface area contributed by atoms with Gasteiger partial charge in [0.05, 0.1) is 10.1 Å². The number of hydrogen-bond donors (Lipinski definition) is 2. The zero-order chi connectivity index (χ0) is 15.0. The van der Waals surface area contributed by atoms with Crippen LogP contribution in [0.4, 0.5) is 0 Å². The molecule has 2 aliphatic carbocycles. The molecule has 2 aliphatic rings. The first-order valence-electron chi connectivity index (χ1n) is 4.70. The van der Waals surface area contributed by atoms with Crippen molar-refractivity contribution in [3.63, 3.8) is 0 Å². The van der Waals surface area contributed by atoms with Gasteiger partial charge >= 0.3 is 11.9 Å². The minimum absolute atomic E-state index is 0.305. The van der Waals surface area contributed by atoms with Crippen LogP contribution in [0.1, 0.15) is 6.42 Å². The molecule has 2 N–H and O–H groups in total. The standard InChI is InChI=1S/C9H4Cl6O4/c10-2-3(11)7(13)1-6(2,12)8(14,4(16)17)9(7,15)5(18)19/h1H2,(H,16,17)(H,18,19). The summed E-state index contributed by atoms with van der Waals surface area (Å²) in [6, 6.07) is 0. The van der Waals surface area contributed by atoms with Crippen molar-refractivity contribution in [2.75, 3.05) is 0 Å². The average Bonchev–Trinajstić information content (AvgIpc) is 2.57. The van der Waals surface area contributed by atoms with Crippen LogP contribution in [-0.2, 0) is 9.59 Å². The molecule has 4 atom stereocenters. The molecule has 1 fully saturated rings. The number of aliphatic carboxylic acids is 2. The number of hydrogen-bond acceptors (Lipinski definition) is 2. The van der Waals surface area contributed by atoms with Crippen LogP contribution in [0.2, 0.25) is 0 Å². The van der Waals surface area contributed by atoms with E-state index in [4.69, 9.17) is 69.6 Å². The molecule has 10 heteroatoms. The van der Waals surface area contributed by atoms with Crippen molar-refractivity contribution >= 4 is 81.5 Å². The lowest BCUT2D eigenvalue weighted by Crippen LogP contribution is -2.68. The van der Waals surface area contributed by atoms with Crippen LogP contribution in [0.15, 0.2) is 10.1 Å². The molecule has 0 aliphatic heterocycles. The first-order chi connectivity index (χ1) is 8.41. The van der Waals surface area contributed by atoms with Crippen LogP contribution < -0.4 is 0 Å². The summed E-state index contributed by atoms with van der Waals surface area (Å²) in [7, 11) is 0. The van der Waals surface area contributed by atoms with Gasteiger partial charge in [0.1, 0.15) is 9.75 Å². The average molecular weight is 389 g/mol. The lowest BCUT2D eigenvalue weighted by atomic mass is 9.80. The predicted molar refractivity (Wildman–Crippen MR) is 73.0 cm³/mol. The Morgan fingerprint density at radius 1 is 0.842 bits per heavy atom. The highest BCUT2D eigenvalue weighted by Crippen LogP contribution is 2.74. The van der Waals surface area contributed by atoms with Crippen LogP contribution >= 0.6 is 69.6 Å². The molecule has 0 aromatic rings. The normalized spacial score (nSPS) is 48.7. The molecule has 19 heavy (non-hydrogen) atoms. The summed E-state index contributed by atoms with van der Waals surface area (Å²) in [5.74, 6) is -3.49. The predicted octanol–water partition coefficient (Wildman–Crippen LogP) is 3.17. The number of carbonyl (C=O) groups is 2. The second-order valence-corrected chi connectivity index (χ2v) is 7.51. The third kappa shape index (κ3) is 1.32. The van der Waals surface area contributed by atoms with Gasteiger partial charge in [-0.3, -0.25) is 9.59 Å². The van der Waals surface area contributed by atoms with E-state index in [0.29, 0.717) is 0 Å². The minimum Gasteiger partial charge on any atom is -0.480 e. The highest BCUT2D eigenvalue weighted by molar-refractivity contribution is 6.63. The van der Waals surface area contributed by atoms with E-state index in [-0.39, 0.29) is 10.1 Å². The molecule has 0 amide bonds. The van der Waals surface area contributed by atoms with Crippen molar-refractivity contribution in [3.05, 3.63) is 10.1 Å². The molecule has 2 bridgehead atoms. The summed E-state index contributed by atoms with van der Waals surface area (Å²) < 4.78 is 0. The molecule has 4 unspecified atom stereocenters. The lowest BCUT2D eigenvalue weighted by molar-refractivity contribution is -0.150. The Morgan fingerprint density at radius 2 is 1.11 bits per heavy atom. The van der Waals surface area contributed by atoms with Crippen LogP contribution in [0, 0.1) is 0 Å². The summed E-state index contributed by atoms with van der Waals surface area (Å²) in [5, 5.41) is 18.0. The fraction of sp³-hybridized carbons (Fsp3) is 0.556. The monoisotopic (exact) mass is 386 g/mol. The second kappa shape index (κ2) is 3.99. The van der Waals surface area contributed by atoms with Crippen LogP contribution in [-0.4, -0.2) is 41.6 Å².